The summed E-state index contributed by atoms with van der Waals surface area (Å²) in [4.78, 5) is 27.1. The number of H-pyrrole nitrogens is 1. The zero-order valence-electron chi connectivity index (χ0n) is 11.5. The molecule has 0 bridgehead atoms. The lowest BCUT2D eigenvalue weighted by Crippen LogP contribution is -2.22. The highest BCUT2D eigenvalue weighted by atomic mass is 16.5. The number of anilines is 1. The minimum absolute atomic E-state index is 0.0363. The van der Waals surface area contributed by atoms with Gasteiger partial charge in [0, 0.05) is 13.2 Å². The van der Waals surface area contributed by atoms with E-state index in [1.807, 2.05) is 0 Å². The van der Waals surface area contributed by atoms with Gasteiger partial charge in [0.2, 0.25) is 17.1 Å². The molecular formula is C12H14N4O5. The number of hydrogen-bond donors (Lipinski definition) is 2. The first-order chi connectivity index (χ1) is 10.1. The fraction of sp³-hybridized carbons (Fsp3) is 0.333. The van der Waals surface area contributed by atoms with Crippen molar-refractivity contribution in [3.05, 3.63) is 34.1 Å². The van der Waals surface area contributed by atoms with Crippen LogP contribution in [0.25, 0.3) is 0 Å². The summed E-state index contributed by atoms with van der Waals surface area (Å²) in [6, 6.07) is 1.28. The molecule has 0 atom stereocenters. The van der Waals surface area contributed by atoms with E-state index in [2.05, 4.69) is 20.5 Å². The first-order valence-corrected chi connectivity index (χ1v) is 6.01. The van der Waals surface area contributed by atoms with Gasteiger partial charge in [0.25, 0.3) is 5.91 Å². The maximum atomic E-state index is 11.6. The summed E-state index contributed by atoms with van der Waals surface area (Å²) in [6.45, 7) is 1.53. The van der Waals surface area contributed by atoms with E-state index in [1.54, 1.807) is 6.92 Å². The lowest BCUT2D eigenvalue weighted by molar-refractivity contribution is -0.118. The van der Waals surface area contributed by atoms with Crippen LogP contribution in [-0.2, 0) is 16.1 Å². The van der Waals surface area contributed by atoms with E-state index in [9.17, 15) is 9.59 Å². The topological polar surface area (TPSA) is 119 Å². The Balaban J connectivity index is 1.88. The minimum Gasteiger partial charge on any atom is -0.477 e. The van der Waals surface area contributed by atoms with E-state index in [0.29, 0.717) is 11.6 Å². The van der Waals surface area contributed by atoms with Crippen molar-refractivity contribution in [3.8, 4) is 5.75 Å². The number of nitrogens with one attached hydrogen (secondary N) is 2. The van der Waals surface area contributed by atoms with Gasteiger partial charge in [-0.2, -0.15) is 4.98 Å². The van der Waals surface area contributed by atoms with Gasteiger partial charge in [-0.1, -0.05) is 0 Å². The van der Waals surface area contributed by atoms with Crippen LogP contribution in [-0.4, -0.2) is 34.8 Å². The second-order valence-electron chi connectivity index (χ2n) is 4.09. The molecule has 9 heteroatoms. The molecule has 2 rings (SSSR count). The molecule has 21 heavy (non-hydrogen) atoms. The Labute approximate surface area is 119 Å². The first-order valence-electron chi connectivity index (χ1n) is 6.01. The normalized spacial score (nSPS) is 10.4. The summed E-state index contributed by atoms with van der Waals surface area (Å²) in [7, 11) is 1.52. The third kappa shape index (κ3) is 4.14. The van der Waals surface area contributed by atoms with Crippen molar-refractivity contribution in [2.24, 2.45) is 0 Å². The number of hydrogen-bond acceptors (Lipinski definition) is 7. The van der Waals surface area contributed by atoms with Gasteiger partial charge in [0.15, 0.2) is 12.4 Å². The van der Waals surface area contributed by atoms with Crippen molar-refractivity contribution >= 4 is 11.9 Å². The van der Waals surface area contributed by atoms with Crippen LogP contribution < -0.4 is 15.5 Å². The van der Waals surface area contributed by atoms with Crippen LogP contribution in [0.15, 0.2) is 21.5 Å². The molecule has 0 spiro atoms. The number of methoxy groups -OCH3 is 1. The van der Waals surface area contributed by atoms with Crippen LogP contribution in [0.2, 0.25) is 0 Å². The monoisotopic (exact) mass is 294 g/mol. The molecule has 2 heterocycles. The third-order valence-corrected chi connectivity index (χ3v) is 2.35. The van der Waals surface area contributed by atoms with Crippen LogP contribution in [0.1, 0.15) is 11.6 Å². The molecule has 0 radical (unpaired) electrons. The van der Waals surface area contributed by atoms with Gasteiger partial charge in [-0.25, -0.2) is 0 Å². The van der Waals surface area contributed by atoms with Crippen LogP contribution >= 0.6 is 0 Å². The second-order valence-corrected chi connectivity index (χ2v) is 4.09. The molecule has 9 nitrogen and oxygen atoms in total. The molecule has 2 N–H and O–H groups in total. The standard InChI is InChI=1S/C12H14N4O5/c1-7-3-8(17)9(4-20-7)21-6-11(18)14-12-13-10(5-19-2)15-16-12/h3-4H,5-6H2,1-2H3,(H2,13,14,15,16,18). The number of ether oxygens (including phenoxy) is 2. The molecule has 0 aromatic carbocycles. The Morgan fingerprint density at radius 3 is 3.05 bits per heavy atom. The fourth-order valence-electron chi connectivity index (χ4n) is 1.46. The van der Waals surface area contributed by atoms with Gasteiger partial charge in [-0.05, 0) is 6.92 Å². The Bertz CT molecular complexity index is 678. The Morgan fingerprint density at radius 2 is 2.33 bits per heavy atom. The van der Waals surface area contributed by atoms with Crippen LogP contribution in [0.4, 0.5) is 5.95 Å². The van der Waals surface area contributed by atoms with E-state index in [-0.39, 0.29) is 30.3 Å². The quantitative estimate of drug-likeness (QED) is 0.782. The number of carbonyl (C=O) groups is 1. The van der Waals surface area contributed by atoms with Crippen molar-refractivity contribution in [1.29, 1.82) is 0 Å². The average molecular weight is 294 g/mol. The smallest absolute Gasteiger partial charge is 0.264 e. The highest BCUT2D eigenvalue weighted by molar-refractivity contribution is 5.90. The van der Waals surface area contributed by atoms with E-state index in [1.165, 1.54) is 13.2 Å². The highest BCUT2D eigenvalue weighted by Gasteiger charge is 2.10. The third-order valence-electron chi connectivity index (χ3n) is 2.35. The molecule has 2 aromatic rings. The molecule has 0 fully saturated rings. The maximum Gasteiger partial charge on any atom is 0.264 e. The van der Waals surface area contributed by atoms with Crippen molar-refractivity contribution in [2.75, 3.05) is 19.0 Å². The molecule has 112 valence electrons. The Kier molecular flexibility index (Phi) is 4.67. The van der Waals surface area contributed by atoms with Gasteiger partial charge in [-0.15, -0.1) is 5.10 Å². The molecular weight excluding hydrogens is 280 g/mol. The van der Waals surface area contributed by atoms with Crippen molar-refractivity contribution < 1.29 is 18.7 Å². The number of carbonyl (C=O) groups excluding carboxylic acids is 1. The summed E-state index contributed by atoms with van der Waals surface area (Å²) < 4.78 is 14.9. The summed E-state index contributed by atoms with van der Waals surface area (Å²) in [5.74, 6) is 0.506. The molecule has 0 aliphatic carbocycles. The molecule has 0 aliphatic heterocycles. The van der Waals surface area contributed by atoms with E-state index in [0.717, 1.165) is 6.26 Å². The Morgan fingerprint density at radius 1 is 1.52 bits per heavy atom. The van der Waals surface area contributed by atoms with E-state index >= 15 is 0 Å². The maximum absolute atomic E-state index is 11.6. The van der Waals surface area contributed by atoms with Gasteiger partial charge in [0.1, 0.15) is 18.6 Å². The molecule has 0 aliphatic rings. The van der Waals surface area contributed by atoms with Crippen LogP contribution in [0.3, 0.4) is 0 Å². The van der Waals surface area contributed by atoms with Crippen molar-refractivity contribution in [2.45, 2.75) is 13.5 Å². The molecule has 0 saturated heterocycles. The first kappa shape index (κ1) is 14.7. The van der Waals surface area contributed by atoms with Gasteiger partial charge >= 0.3 is 0 Å². The predicted molar refractivity (Wildman–Crippen MR) is 70.9 cm³/mol. The summed E-state index contributed by atoms with van der Waals surface area (Å²) in [5, 5.41) is 8.79. The SMILES string of the molecule is COCc1nc(NC(=O)COc2coc(C)cc2=O)n[nH]1. The molecule has 0 saturated carbocycles. The van der Waals surface area contributed by atoms with Crippen molar-refractivity contribution in [1.82, 2.24) is 15.2 Å². The zero-order valence-corrected chi connectivity index (χ0v) is 11.5. The molecule has 2 aromatic heterocycles. The number of rotatable bonds is 6. The van der Waals surface area contributed by atoms with Gasteiger partial charge < -0.3 is 13.9 Å². The van der Waals surface area contributed by atoms with Crippen LogP contribution in [0, 0.1) is 6.92 Å². The van der Waals surface area contributed by atoms with E-state index in [4.69, 9.17) is 13.9 Å². The number of aryl methyl sites for hydroxylation is 1. The average Bonchev–Trinajstić information content (AvgIpc) is 2.85. The summed E-state index contributed by atoms with van der Waals surface area (Å²) in [5.41, 5.74) is -0.355. The number of aromatic amines is 1. The Hall–Kier alpha value is -2.68. The predicted octanol–water partition coefficient (Wildman–Crippen LogP) is 0.230. The number of aromatic nitrogens is 3. The summed E-state index contributed by atoms with van der Waals surface area (Å²) in [6.07, 6.45) is 1.16. The van der Waals surface area contributed by atoms with Crippen LogP contribution in [0.5, 0.6) is 5.75 Å². The lowest BCUT2D eigenvalue weighted by atomic mass is 10.4. The lowest BCUT2D eigenvalue weighted by Gasteiger charge is -2.04. The number of amides is 1. The number of nitrogens with zero attached hydrogens (tertiary/aromatic N) is 2. The minimum atomic E-state index is -0.502. The largest absolute Gasteiger partial charge is 0.477 e. The second kappa shape index (κ2) is 6.66. The fourth-order valence-corrected chi connectivity index (χ4v) is 1.46. The molecule has 0 unspecified atom stereocenters. The molecule has 1 amide bonds. The van der Waals surface area contributed by atoms with Crippen molar-refractivity contribution in [3.63, 3.8) is 0 Å². The van der Waals surface area contributed by atoms with Gasteiger partial charge in [0.05, 0.1) is 0 Å². The summed E-state index contributed by atoms with van der Waals surface area (Å²) >= 11 is 0. The van der Waals surface area contributed by atoms with Gasteiger partial charge in [-0.3, -0.25) is 20.0 Å². The zero-order chi connectivity index (χ0) is 15.2. The highest BCUT2D eigenvalue weighted by Crippen LogP contribution is 2.05. The van der Waals surface area contributed by atoms with E-state index < -0.39 is 5.91 Å².